The second-order valence-corrected chi connectivity index (χ2v) is 6.65. The quantitative estimate of drug-likeness (QED) is 0.692. The van der Waals surface area contributed by atoms with Gasteiger partial charge in [-0.3, -0.25) is 9.69 Å². The second-order valence-electron chi connectivity index (χ2n) is 6.65. The van der Waals surface area contributed by atoms with Gasteiger partial charge in [0.1, 0.15) is 5.75 Å². The summed E-state index contributed by atoms with van der Waals surface area (Å²) in [7, 11) is 0. The minimum Gasteiger partial charge on any atom is -0.506 e. The van der Waals surface area contributed by atoms with Gasteiger partial charge < -0.3 is 21.1 Å². The summed E-state index contributed by atoms with van der Waals surface area (Å²) in [5.41, 5.74) is 7.38. The van der Waals surface area contributed by atoms with Gasteiger partial charge >= 0.3 is 0 Å². The van der Waals surface area contributed by atoms with Crippen LogP contribution < -0.4 is 16.0 Å². The highest BCUT2D eigenvalue weighted by Crippen LogP contribution is 2.27. The lowest BCUT2D eigenvalue weighted by atomic mass is 10.1. The molecule has 0 bridgehead atoms. The van der Waals surface area contributed by atoms with E-state index in [2.05, 4.69) is 46.3 Å². The van der Waals surface area contributed by atoms with E-state index in [4.69, 9.17) is 5.73 Å². The van der Waals surface area contributed by atoms with Crippen LogP contribution in [0.5, 0.6) is 5.75 Å². The van der Waals surface area contributed by atoms with Crippen molar-refractivity contribution < 1.29 is 9.90 Å². The largest absolute Gasteiger partial charge is 0.506 e. The van der Waals surface area contributed by atoms with Crippen LogP contribution in [0.15, 0.2) is 48.5 Å². The number of nitrogens with two attached hydrogens (primary N) is 1. The van der Waals surface area contributed by atoms with E-state index in [1.807, 2.05) is 6.07 Å². The molecule has 0 saturated carbocycles. The van der Waals surface area contributed by atoms with Crippen molar-refractivity contribution in [3.8, 4) is 5.75 Å². The summed E-state index contributed by atoms with van der Waals surface area (Å²) in [5.74, 6) is -0.505. The molecule has 0 aromatic heterocycles. The third-order valence-corrected chi connectivity index (χ3v) is 4.94. The Morgan fingerprint density at radius 1 is 1.12 bits per heavy atom. The normalized spacial score (nSPS) is 16.3. The summed E-state index contributed by atoms with van der Waals surface area (Å²) in [5, 5.41) is 13.2. The van der Waals surface area contributed by atoms with Crippen LogP contribution in [0.25, 0.3) is 0 Å². The maximum atomic E-state index is 11.5. The maximum absolute atomic E-state index is 11.5. The zero-order valence-corrected chi connectivity index (χ0v) is 15.1. The minimum absolute atomic E-state index is 0.0439. The molecule has 0 radical (unpaired) electrons. The molecule has 1 heterocycles. The van der Waals surface area contributed by atoms with Crippen LogP contribution in [0.2, 0.25) is 0 Å². The number of carbonyl (C=O) groups is 1. The summed E-state index contributed by atoms with van der Waals surface area (Å²) in [6.07, 6.45) is 0. The van der Waals surface area contributed by atoms with Crippen LogP contribution in [0.4, 0.5) is 11.4 Å². The fourth-order valence-corrected chi connectivity index (χ4v) is 3.37. The predicted molar refractivity (Wildman–Crippen MR) is 105 cm³/mol. The minimum atomic E-state index is -0.549. The summed E-state index contributed by atoms with van der Waals surface area (Å²) in [6.45, 7) is 6.69. The molecule has 2 aromatic rings. The molecule has 1 aliphatic heterocycles. The van der Waals surface area contributed by atoms with Crippen molar-refractivity contribution in [1.82, 2.24) is 4.90 Å². The summed E-state index contributed by atoms with van der Waals surface area (Å²) >= 11 is 0. The first kappa shape index (κ1) is 18.1. The highest BCUT2D eigenvalue weighted by atomic mass is 16.3. The smallest absolute Gasteiger partial charge is 0.250 e. The number of amides is 1. The Kier molecular flexibility index (Phi) is 5.63. The number of aromatic hydroxyl groups is 1. The molecule has 4 N–H and O–H groups in total. The zero-order valence-electron chi connectivity index (χ0n) is 15.1. The third-order valence-electron chi connectivity index (χ3n) is 4.94. The first-order valence-electron chi connectivity index (χ1n) is 8.96. The molecular weight excluding hydrogens is 328 g/mol. The van der Waals surface area contributed by atoms with Gasteiger partial charge in [-0.05, 0) is 31.2 Å². The lowest BCUT2D eigenvalue weighted by Crippen LogP contribution is -2.51. The number of nitrogens with zero attached hydrogens (tertiary/aromatic N) is 2. The Morgan fingerprint density at radius 3 is 2.46 bits per heavy atom. The Bertz CT molecular complexity index is 743. The Hall–Kier alpha value is -2.73. The molecule has 1 aliphatic rings. The lowest BCUT2D eigenvalue weighted by Gasteiger charge is -2.39. The third kappa shape index (κ3) is 4.08. The maximum Gasteiger partial charge on any atom is 0.250 e. The number of para-hydroxylation sites is 2. The number of nitrogens with one attached hydrogen (secondary N) is 1. The number of hydrogen-bond donors (Lipinski definition) is 3. The van der Waals surface area contributed by atoms with Crippen LogP contribution >= 0.6 is 0 Å². The Labute approximate surface area is 154 Å². The predicted octanol–water partition coefficient (Wildman–Crippen LogP) is 2.11. The number of anilines is 2. The first-order valence-corrected chi connectivity index (χ1v) is 8.96. The highest BCUT2D eigenvalue weighted by molar-refractivity contribution is 5.99. The molecule has 3 rings (SSSR count). The van der Waals surface area contributed by atoms with Gasteiger partial charge in [0.25, 0.3) is 5.91 Å². The fourth-order valence-electron chi connectivity index (χ4n) is 3.37. The topological polar surface area (TPSA) is 81.8 Å². The van der Waals surface area contributed by atoms with Crippen LogP contribution in [-0.2, 0) is 0 Å². The molecule has 6 nitrogen and oxygen atoms in total. The number of carbonyl (C=O) groups excluding carboxylic acids is 1. The van der Waals surface area contributed by atoms with Crippen molar-refractivity contribution in [2.45, 2.75) is 13.0 Å². The van der Waals surface area contributed by atoms with Crippen molar-refractivity contribution in [2.75, 3.05) is 42.9 Å². The van der Waals surface area contributed by atoms with Crippen LogP contribution in [0.3, 0.4) is 0 Å². The molecule has 6 heteroatoms. The van der Waals surface area contributed by atoms with E-state index in [0.29, 0.717) is 17.8 Å². The van der Waals surface area contributed by atoms with E-state index in [0.717, 1.165) is 26.2 Å². The summed E-state index contributed by atoms with van der Waals surface area (Å²) < 4.78 is 0. The van der Waals surface area contributed by atoms with Gasteiger partial charge in [-0.1, -0.05) is 24.3 Å². The molecule has 0 aliphatic carbocycles. The fraction of sp³-hybridized carbons (Fsp3) is 0.350. The molecule has 26 heavy (non-hydrogen) atoms. The molecule has 1 saturated heterocycles. The number of primary amides is 1. The van der Waals surface area contributed by atoms with E-state index in [1.54, 1.807) is 18.2 Å². The highest BCUT2D eigenvalue weighted by Gasteiger charge is 2.22. The van der Waals surface area contributed by atoms with Gasteiger partial charge in [0, 0.05) is 44.5 Å². The number of benzene rings is 2. The second kappa shape index (κ2) is 8.10. The molecule has 1 unspecified atom stereocenters. The van der Waals surface area contributed by atoms with E-state index >= 15 is 0 Å². The van der Waals surface area contributed by atoms with Gasteiger partial charge in [-0.2, -0.15) is 0 Å². The van der Waals surface area contributed by atoms with Crippen molar-refractivity contribution in [3.63, 3.8) is 0 Å². The number of hydrogen-bond acceptors (Lipinski definition) is 5. The van der Waals surface area contributed by atoms with E-state index in [1.165, 1.54) is 5.69 Å². The van der Waals surface area contributed by atoms with Crippen molar-refractivity contribution >= 4 is 17.3 Å². The van der Waals surface area contributed by atoms with E-state index in [9.17, 15) is 9.90 Å². The van der Waals surface area contributed by atoms with Gasteiger partial charge in [-0.25, -0.2) is 0 Å². The van der Waals surface area contributed by atoms with Gasteiger partial charge in [-0.15, -0.1) is 0 Å². The monoisotopic (exact) mass is 354 g/mol. The molecule has 1 atom stereocenters. The zero-order chi connectivity index (χ0) is 18.5. The van der Waals surface area contributed by atoms with Crippen LogP contribution in [0.1, 0.15) is 17.3 Å². The molecule has 2 aromatic carbocycles. The number of phenolic OH excluding ortho intramolecular Hbond substituents is 1. The van der Waals surface area contributed by atoms with Crippen LogP contribution in [-0.4, -0.2) is 54.7 Å². The molecule has 1 amide bonds. The molecule has 0 spiro atoms. The average molecular weight is 354 g/mol. The van der Waals surface area contributed by atoms with E-state index < -0.39 is 5.91 Å². The standard InChI is InChI=1S/C20H26N4O2/c1-15(14-22-19-17(20(21)26)8-5-9-18(19)25)23-10-12-24(13-11-23)16-6-3-2-4-7-16/h2-9,15,22,25H,10-14H2,1H3,(H2,21,26). The number of phenols is 1. The lowest BCUT2D eigenvalue weighted by molar-refractivity contribution is 0.100. The average Bonchev–Trinajstić information content (AvgIpc) is 2.67. The Morgan fingerprint density at radius 2 is 1.81 bits per heavy atom. The summed E-state index contributed by atoms with van der Waals surface area (Å²) in [6, 6.07) is 15.5. The molecular formula is C20H26N4O2. The van der Waals surface area contributed by atoms with Crippen molar-refractivity contribution in [2.24, 2.45) is 5.73 Å². The number of piperazine rings is 1. The van der Waals surface area contributed by atoms with E-state index in [-0.39, 0.29) is 11.8 Å². The van der Waals surface area contributed by atoms with Gasteiger partial charge in [0.15, 0.2) is 0 Å². The van der Waals surface area contributed by atoms with Gasteiger partial charge in [0.05, 0.1) is 11.3 Å². The first-order chi connectivity index (χ1) is 12.6. The van der Waals surface area contributed by atoms with Crippen molar-refractivity contribution in [3.05, 3.63) is 54.1 Å². The summed E-state index contributed by atoms with van der Waals surface area (Å²) in [4.78, 5) is 16.4. The van der Waals surface area contributed by atoms with Gasteiger partial charge in [0.2, 0.25) is 0 Å². The number of rotatable bonds is 6. The Balaban J connectivity index is 1.56. The molecule has 1 fully saturated rings. The van der Waals surface area contributed by atoms with Crippen molar-refractivity contribution in [1.29, 1.82) is 0 Å². The molecule has 138 valence electrons. The van der Waals surface area contributed by atoms with Crippen LogP contribution in [0, 0.1) is 0 Å². The SMILES string of the molecule is CC(CNc1c(O)cccc1C(N)=O)N1CCN(c2ccccc2)CC1.